The van der Waals surface area contributed by atoms with Gasteiger partial charge in [-0.25, -0.2) is 14.8 Å². The lowest BCUT2D eigenvalue weighted by Crippen LogP contribution is -2.52. The Balaban J connectivity index is 1.35. The second-order valence-electron chi connectivity index (χ2n) is 8.65. The minimum absolute atomic E-state index is 0.233. The summed E-state index contributed by atoms with van der Waals surface area (Å²) in [6, 6.07) is 1.04. The Morgan fingerprint density at radius 2 is 1.67 bits per heavy atom. The van der Waals surface area contributed by atoms with Gasteiger partial charge in [-0.15, -0.1) is 0 Å². The number of fused-ring (bicyclic) bond motifs is 2. The summed E-state index contributed by atoms with van der Waals surface area (Å²) in [5, 5.41) is 3.49. The number of rotatable bonds is 2. The first-order valence-electron chi connectivity index (χ1n) is 9.95. The van der Waals surface area contributed by atoms with Gasteiger partial charge in [0.05, 0.1) is 18.1 Å². The van der Waals surface area contributed by atoms with E-state index in [4.69, 9.17) is 4.74 Å². The van der Waals surface area contributed by atoms with Crippen molar-refractivity contribution < 1.29 is 9.53 Å². The normalized spacial score (nSPS) is 25.7. The van der Waals surface area contributed by atoms with E-state index in [1.165, 1.54) is 12.8 Å². The van der Waals surface area contributed by atoms with Crippen LogP contribution in [0.2, 0.25) is 0 Å². The van der Waals surface area contributed by atoms with Gasteiger partial charge in [0.2, 0.25) is 5.95 Å². The topological polar surface area (TPSA) is 73.8 Å². The largest absolute Gasteiger partial charge is 0.444 e. The predicted octanol–water partition coefficient (Wildman–Crippen LogP) is 1.47. The number of aromatic nitrogens is 2. The Morgan fingerprint density at radius 1 is 1.07 bits per heavy atom. The monoisotopic (exact) mass is 374 g/mol. The van der Waals surface area contributed by atoms with Crippen molar-refractivity contribution in [3.63, 3.8) is 0 Å². The smallest absolute Gasteiger partial charge is 0.410 e. The second-order valence-corrected chi connectivity index (χ2v) is 8.65. The summed E-state index contributed by atoms with van der Waals surface area (Å²) in [5.41, 5.74) is 0.562. The van der Waals surface area contributed by atoms with Gasteiger partial charge in [0.25, 0.3) is 0 Å². The maximum Gasteiger partial charge on any atom is 0.410 e. The number of carbonyl (C=O) groups is 1. The average molecular weight is 374 g/mol. The minimum atomic E-state index is -0.457. The molecule has 3 fully saturated rings. The zero-order chi connectivity index (χ0) is 19.0. The molecule has 2 unspecified atom stereocenters. The van der Waals surface area contributed by atoms with Crippen molar-refractivity contribution in [1.82, 2.24) is 20.2 Å². The van der Waals surface area contributed by atoms with Crippen molar-refractivity contribution in [3.05, 3.63) is 12.4 Å². The Bertz CT molecular complexity index is 650. The summed E-state index contributed by atoms with van der Waals surface area (Å²) >= 11 is 0. The second kappa shape index (κ2) is 7.14. The summed E-state index contributed by atoms with van der Waals surface area (Å²) in [6.07, 6.45) is 6.05. The van der Waals surface area contributed by atoms with Crippen LogP contribution in [0.3, 0.4) is 0 Å². The van der Waals surface area contributed by atoms with Gasteiger partial charge in [-0.05, 0) is 33.6 Å². The van der Waals surface area contributed by atoms with E-state index in [0.29, 0.717) is 25.2 Å². The molecule has 148 valence electrons. The van der Waals surface area contributed by atoms with E-state index in [1.807, 2.05) is 33.2 Å². The van der Waals surface area contributed by atoms with Crippen LogP contribution < -0.4 is 15.1 Å². The Kier molecular flexibility index (Phi) is 4.84. The molecule has 3 aliphatic rings. The highest BCUT2D eigenvalue weighted by molar-refractivity contribution is 5.68. The van der Waals surface area contributed by atoms with E-state index in [0.717, 1.165) is 37.8 Å². The van der Waals surface area contributed by atoms with E-state index in [1.54, 1.807) is 4.90 Å². The molecule has 1 aromatic heterocycles. The average Bonchev–Trinajstić information content (AvgIpc) is 2.89. The SMILES string of the molecule is CC(C)(C)OC(=O)N1CCN(c2cnc(N3C4CCC3CNC4)nc2)CC1. The van der Waals surface area contributed by atoms with Crippen molar-refractivity contribution in [2.75, 3.05) is 49.1 Å². The summed E-state index contributed by atoms with van der Waals surface area (Å²) in [7, 11) is 0. The molecule has 2 bridgehead atoms. The molecular weight excluding hydrogens is 344 g/mol. The van der Waals surface area contributed by atoms with E-state index in [2.05, 4.69) is 25.1 Å². The quantitative estimate of drug-likeness (QED) is 0.840. The molecule has 4 rings (SSSR count). The van der Waals surface area contributed by atoms with Crippen LogP contribution in [-0.2, 0) is 4.74 Å². The van der Waals surface area contributed by atoms with Gasteiger partial charge < -0.3 is 24.8 Å². The highest BCUT2D eigenvalue weighted by Gasteiger charge is 2.38. The van der Waals surface area contributed by atoms with Crippen molar-refractivity contribution in [2.45, 2.75) is 51.3 Å². The number of piperazine rings is 2. The number of nitrogens with zero attached hydrogens (tertiary/aromatic N) is 5. The fraction of sp³-hybridized carbons (Fsp3) is 0.737. The number of anilines is 2. The van der Waals surface area contributed by atoms with Crippen molar-refractivity contribution in [2.24, 2.45) is 0 Å². The van der Waals surface area contributed by atoms with Gasteiger partial charge in [0.15, 0.2) is 0 Å². The van der Waals surface area contributed by atoms with Crippen LogP contribution in [0.5, 0.6) is 0 Å². The summed E-state index contributed by atoms with van der Waals surface area (Å²) in [6.45, 7) is 10.6. The molecule has 0 radical (unpaired) electrons. The molecule has 0 aromatic carbocycles. The van der Waals surface area contributed by atoms with Crippen LogP contribution in [0, 0.1) is 0 Å². The van der Waals surface area contributed by atoms with Gasteiger partial charge in [-0.2, -0.15) is 0 Å². The molecule has 2 atom stereocenters. The molecular formula is C19H30N6O2. The molecule has 1 amide bonds. The lowest BCUT2D eigenvalue weighted by Gasteiger charge is -2.37. The highest BCUT2D eigenvalue weighted by Crippen LogP contribution is 2.30. The molecule has 0 saturated carbocycles. The highest BCUT2D eigenvalue weighted by atomic mass is 16.6. The predicted molar refractivity (Wildman–Crippen MR) is 104 cm³/mol. The van der Waals surface area contributed by atoms with Crippen LogP contribution in [0.4, 0.5) is 16.4 Å². The number of amides is 1. The van der Waals surface area contributed by atoms with Gasteiger partial charge in [0, 0.05) is 51.4 Å². The number of carbonyl (C=O) groups excluding carboxylic acids is 1. The van der Waals surface area contributed by atoms with Crippen LogP contribution in [0.1, 0.15) is 33.6 Å². The summed E-state index contributed by atoms with van der Waals surface area (Å²) in [5.74, 6) is 0.847. The van der Waals surface area contributed by atoms with Crippen molar-refractivity contribution in [1.29, 1.82) is 0 Å². The first-order chi connectivity index (χ1) is 12.9. The molecule has 3 saturated heterocycles. The maximum absolute atomic E-state index is 12.2. The number of hydrogen-bond acceptors (Lipinski definition) is 7. The number of nitrogens with one attached hydrogen (secondary N) is 1. The van der Waals surface area contributed by atoms with E-state index in [9.17, 15) is 4.79 Å². The molecule has 3 aliphatic heterocycles. The molecule has 1 aromatic rings. The van der Waals surface area contributed by atoms with E-state index >= 15 is 0 Å². The third-order valence-corrected chi connectivity index (χ3v) is 5.53. The molecule has 27 heavy (non-hydrogen) atoms. The zero-order valence-corrected chi connectivity index (χ0v) is 16.5. The fourth-order valence-electron chi connectivity index (χ4n) is 4.19. The Labute approximate surface area is 160 Å². The fourth-order valence-corrected chi connectivity index (χ4v) is 4.19. The Morgan fingerprint density at radius 3 is 2.22 bits per heavy atom. The standard InChI is InChI=1S/C19H30N6O2/c1-19(2,3)27-18(26)24-8-6-23(7-9-24)16-12-21-17(22-13-16)25-14-4-5-15(25)11-20-10-14/h12-15,20H,4-11H2,1-3H3. The van der Waals surface area contributed by atoms with Crippen LogP contribution >= 0.6 is 0 Å². The summed E-state index contributed by atoms with van der Waals surface area (Å²) < 4.78 is 5.46. The molecule has 0 aliphatic carbocycles. The number of hydrogen-bond donors (Lipinski definition) is 1. The van der Waals surface area contributed by atoms with Gasteiger partial charge in [-0.3, -0.25) is 0 Å². The lowest BCUT2D eigenvalue weighted by atomic mass is 10.2. The third kappa shape index (κ3) is 3.95. The van der Waals surface area contributed by atoms with E-state index in [-0.39, 0.29) is 6.09 Å². The number of ether oxygens (including phenoxy) is 1. The van der Waals surface area contributed by atoms with E-state index < -0.39 is 5.60 Å². The first kappa shape index (κ1) is 18.3. The molecule has 0 spiro atoms. The minimum Gasteiger partial charge on any atom is -0.444 e. The molecule has 8 heteroatoms. The van der Waals surface area contributed by atoms with Gasteiger partial charge in [0.1, 0.15) is 5.60 Å². The van der Waals surface area contributed by atoms with Crippen molar-refractivity contribution in [3.8, 4) is 0 Å². The summed E-state index contributed by atoms with van der Waals surface area (Å²) in [4.78, 5) is 27.9. The Hall–Kier alpha value is -2.09. The van der Waals surface area contributed by atoms with Crippen LogP contribution in [0.15, 0.2) is 12.4 Å². The third-order valence-electron chi connectivity index (χ3n) is 5.53. The zero-order valence-electron chi connectivity index (χ0n) is 16.5. The van der Waals surface area contributed by atoms with Crippen LogP contribution in [0.25, 0.3) is 0 Å². The molecule has 4 heterocycles. The van der Waals surface area contributed by atoms with Gasteiger partial charge >= 0.3 is 6.09 Å². The maximum atomic E-state index is 12.2. The molecule has 8 nitrogen and oxygen atoms in total. The van der Waals surface area contributed by atoms with Gasteiger partial charge in [-0.1, -0.05) is 0 Å². The lowest BCUT2D eigenvalue weighted by molar-refractivity contribution is 0.0240. The first-order valence-corrected chi connectivity index (χ1v) is 9.95. The van der Waals surface area contributed by atoms with Crippen molar-refractivity contribution >= 4 is 17.7 Å². The molecule has 1 N–H and O–H groups in total. The van der Waals surface area contributed by atoms with Crippen LogP contribution in [-0.4, -0.2) is 77.9 Å².